The Morgan fingerprint density at radius 2 is 1.29 bits per heavy atom. The minimum atomic E-state index is 0.692. The van der Waals surface area contributed by atoms with Gasteiger partial charge in [-0.3, -0.25) is 4.57 Å². The second-order valence-electron chi connectivity index (χ2n) is 11.0. The average Bonchev–Trinajstić information content (AvgIpc) is 3.60. The lowest BCUT2D eigenvalue weighted by Gasteiger charge is -2.14. The van der Waals surface area contributed by atoms with Crippen molar-refractivity contribution in [2.24, 2.45) is 0 Å². The molecule has 0 radical (unpaired) electrons. The van der Waals surface area contributed by atoms with Crippen LogP contribution in [0.15, 0.2) is 127 Å². The van der Waals surface area contributed by atoms with Crippen LogP contribution in [0.25, 0.3) is 91.6 Å². The summed E-state index contributed by atoms with van der Waals surface area (Å²) in [5, 5.41) is 11.1. The summed E-state index contributed by atoms with van der Waals surface area (Å²) in [6.07, 6.45) is 0. The Balaban J connectivity index is 1.41. The number of hydrogen-bond acceptors (Lipinski definition) is 3. The van der Waals surface area contributed by atoms with Gasteiger partial charge >= 0.3 is 0 Å². The predicted octanol–water partition coefficient (Wildman–Crippen LogP) is 10.5. The van der Waals surface area contributed by atoms with Gasteiger partial charge in [0.25, 0.3) is 0 Å². The van der Waals surface area contributed by atoms with Crippen LogP contribution in [0.4, 0.5) is 0 Å². The van der Waals surface area contributed by atoms with E-state index in [1.165, 1.54) is 52.5 Å². The van der Waals surface area contributed by atoms with Crippen molar-refractivity contribution in [1.29, 1.82) is 0 Å². The van der Waals surface area contributed by atoms with E-state index in [0.717, 1.165) is 33.2 Å². The number of aromatic nitrogens is 3. The zero-order valence-electron chi connectivity index (χ0n) is 22.4. The van der Waals surface area contributed by atoms with Crippen LogP contribution in [0.3, 0.4) is 0 Å². The van der Waals surface area contributed by atoms with Gasteiger partial charge in [0.1, 0.15) is 0 Å². The molecular weight excluding hydrogens is 531 g/mol. The molecule has 194 valence electrons. The molecule has 0 saturated carbocycles. The summed E-state index contributed by atoms with van der Waals surface area (Å²) < 4.78 is 4.95. The molecular formula is C38H21N3S. The van der Waals surface area contributed by atoms with Crippen LogP contribution in [0.2, 0.25) is 0 Å². The van der Waals surface area contributed by atoms with E-state index in [0.29, 0.717) is 5.95 Å². The molecule has 3 aromatic heterocycles. The van der Waals surface area contributed by atoms with Crippen molar-refractivity contribution in [3.05, 3.63) is 127 Å². The van der Waals surface area contributed by atoms with Gasteiger partial charge in [-0.05, 0) is 40.4 Å². The largest absolute Gasteiger partial charge is 0.277 e. The Kier molecular flexibility index (Phi) is 4.33. The molecule has 0 spiro atoms. The molecule has 0 bridgehead atoms. The first-order valence-electron chi connectivity index (χ1n) is 14.2. The highest BCUT2D eigenvalue weighted by Crippen LogP contribution is 2.46. The van der Waals surface area contributed by atoms with Crippen molar-refractivity contribution < 1.29 is 0 Å². The van der Waals surface area contributed by atoms with E-state index in [9.17, 15) is 0 Å². The van der Waals surface area contributed by atoms with E-state index >= 15 is 0 Å². The van der Waals surface area contributed by atoms with Gasteiger partial charge < -0.3 is 0 Å². The van der Waals surface area contributed by atoms with Crippen LogP contribution >= 0.6 is 11.3 Å². The van der Waals surface area contributed by atoms with Crippen molar-refractivity contribution in [1.82, 2.24) is 14.5 Å². The number of benzene rings is 7. The zero-order valence-corrected chi connectivity index (χ0v) is 23.2. The van der Waals surface area contributed by atoms with Crippen LogP contribution in [0, 0.1) is 0 Å². The molecule has 0 fully saturated rings. The third kappa shape index (κ3) is 2.89. The Bertz CT molecular complexity index is 2680. The van der Waals surface area contributed by atoms with Crippen molar-refractivity contribution >= 4 is 85.8 Å². The molecule has 10 aromatic rings. The molecule has 0 aliphatic carbocycles. The Morgan fingerprint density at radius 3 is 2.21 bits per heavy atom. The number of hydrogen-bond donors (Lipinski definition) is 0. The number of fused-ring (bicyclic) bond motifs is 7. The SMILES string of the molecule is c1ccc(-c2nc(-n3c4ccccc4c4cc5sc6cccc7ccc(c5c76)c43)nc3ccc4ccccc4c23)cc1. The highest BCUT2D eigenvalue weighted by molar-refractivity contribution is 7.26. The highest BCUT2D eigenvalue weighted by Gasteiger charge is 2.22. The second-order valence-corrected chi connectivity index (χ2v) is 12.1. The molecule has 7 aromatic carbocycles. The molecule has 0 atom stereocenters. The molecule has 0 amide bonds. The van der Waals surface area contributed by atoms with Crippen molar-refractivity contribution in [2.75, 3.05) is 0 Å². The van der Waals surface area contributed by atoms with Gasteiger partial charge in [0.2, 0.25) is 5.95 Å². The van der Waals surface area contributed by atoms with Gasteiger partial charge in [-0.2, -0.15) is 0 Å². The second kappa shape index (κ2) is 8.12. The number of nitrogens with zero attached hydrogens (tertiary/aromatic N) is 3. The molecule has 3 nitrogen and oxygen atoms in total. The maximum Gasteiger partial charge on any atom is 0.235 e. The molecule has 42 heavy (non-hydrogen) atoms. The fourth-order valence-electron chi connectivity index (χ4n) is 6.97. The molecule has 0 aliphatic rings. The first-order chi connectivity index (χ1) is 20.8. The van der Waals surface area contributed by atoms with Crippen molar-refractivity contribution in [3.63, 3.8) is 0 Å². The minimum absolute atomic E-state index is 0.692. The van der Waals surface area contributed by atoms with Crippen LogP contribution in [0.5, 0.6) is 0 Å². The lowest BCUT2D eigenvalue weighted by atomic mass is 9.99. The fourth-order valence-corrected chi connectivity index (χ4v) is 8.16. The molecule has 3 heterocycles. The summed E-state index contributed by atoms with van der Waals surface area (Å²) in [7, 11) is 0. The standard InChI is InChI=1S/C38H21N3S/c1-2-10-24(11-3-1)36-34-25-13-5-4-9-22(25)18-20-29(34)39-38(40-36)41-30-15-7-6-14-26(30)28-21-32-35-27(37(28)41)19-17-23-12-8-16-31(42-32)33(23)35/h1-21H. The molecule has 0 aliphatic heterocycles. The first kappa shape index (κ1) is 22.4. The van der Waals surface area contributed by atoms with E-state index in [-0.39, 0.29) is 0 Å². The Hall–Kier alpha value is -5.32. The maximum atomic E-state index is 5.42. The summed E-state index contributed by atoms with van der Waals surface area (Å²) in [6.45, 7) is 0. The van der Waals surface area contributed by atoms with Gasteiger partial charge in [-0.1, -0.05) is 103 Å². The fraction of sp³-hybridized carbons (Fsp3) is 0. The molecule has 0 N–H and O–H groups in total. The van der Waals surface area contributed by atoms with Crippen molar-refractivity contribution in [3.8, 4) is 17.2 Å². The van der Waals surface area contributed by atoms with Gasteiger partial charge in [0.15, 0.2) is 0 Å². The summed E-state index contributed by atoms with van der Waals surface area (Å²) >= 11 is 1.88. The lowest BCUT2D eigenvalue weighted by molar-refractivity contribution is 1.02. The highest BCUT2D eigenvalue weighted by atomic mass is 32.1. The van der Waals surface area contributed by atoms with Gasteiger partial charge in [0.05, 0.1) is 22.2 Å². The Morgan fingerprint density at radius 1 is 0.500 bits per heavy atom. The smallest absolute Gasteiger partial charge is 0.235 e. The quantitative estimate of drug-likeness (QED) is 0.200. The van der Waals surface area contributed by atoms with Gasteiger partial charge in [-0.25, -0.2) is 9.97 Å². The topological polar surface area (TPSA) is 30.7 Å². The number of thiophene rings is 1. The molecule has 0 unspecified atom stereocenters. The van der Waals surface area contributed by atoms with Gasteiger partial charge in [-0.15, -0.1) is 11.3 Å². The van der Waals surface area contributed by atoms with E-state index in [4.69, 9.17) is 9.97 Å². The van der Waals surface area contributed by atoms with Crippen LogP contribution < -0.4 is 0 Å². The van der Waals surface area contributed by atoms with Crippen LogP contribution in [0.1, 0.15) is 0 Å². The van der Waals surface area contributed by atoms with Crippen LogP contribution in [-0.2, 0) is 0 Å². The molecule has 4 heteroatoms. The van der Waals surface area contributed by atoms with Crippen molar-refractivity contribution in [2.45, 2.75) is 0 Å². The summed E-state index contributed by atoms with van der Waals surface area (Å²) in [6, 6.07) is 45.6. The summed E-state index contributed by atoms with van der Waals surface area (Å²) in [5.74, 6) is 0.692. The van der Waals surface area contributed by atoms with E-state index in [1.54, 1.807) is 0 Å². The third-order valence-corrected chi connectivity index (χ3v) is 9.84. The number of rotatable bonds is 2. The lowest BCUT2D eigenvalue weighted by Crippen LogP contribution is -2.04. The maximum absolute atomic E-state index is 5.42. The summed E-state index contributed by atoms with van der Waals surface area (Å²) in [5.41, 5.74) is 5.25. The average molecular weight is 552 g/mol. The predicted molar refractivity (Wildman–Crippen MR) is 178 cm³/mol. The normalized spacial score (nSPS) is 12.3. The van der Waals surface area contributed by atoms with E-state index in [1.807, 2.05) is 11.3 Å². The first-order valence-corrected chi connectivity index (χ1v) is 15.0. The summed E-state index contributed by atoms with van der Waals surface area (Å²) in [4.78, 5) is 10.7. The molecule has 0 saturated heterocycles. The zero-order chi connectivity index (χ0) is 27.4. The number of para-hydroxylation sites is 1. The molecule has 10 rings (SSSR count). The monoisotopic (exact) mass is 551 g/mol. The van der Waals surface area contributed by atoms with E-state index < -0.39 is 0 Å². The minimum Gasteiger partial charge on any atom is -0.277 e. The Labute approximate surface area is 244 Å². The third-order valence-electron chi connectivity index (χ3n) is 8.74. The van der Waals surface area contributed by atoms with E-state index in [2.05, 4.69) is 132 Å². The van der Waals surface area contributed by atoms with Crippen LogP contribution in [-0.4, -0.2) is 14.5 Å². The van der Waals surface area contributed by atoms with Gasteiger partial charge in [0, 0.05) is 47.3 Å².